The van der Waals surface area contributed by atoms with Crippen molar-refractivity contribution in [2.45, 2.75) is 25.9 Å². The van der Waals surface area contributed by atoms with E-state index < -0.39 is 0 Å². The Balaban J connectivity index is 1.77. The Labute approximate surface area is 148 Å². The summed E-state index contributed by atoms with van der Waals surface area (Å²) in [5, 5.41) is 19.4. The van der Waals surface area contributed by atoms with E-state index in [4.69, 9.17) is 0 Å². The number of nitrogens with zero attached hydrogens (tertiary/aromatic N) is 1. The van der Waals surface area contributed by atoms with Crippen molar-refractivity contribution in [3.8, 4) is 0 Å². The molecule has 1 unspecified atom stereocenters. The molecule has 1 aliphatic rings. The number of rotatable bonds is 5. The monoisotopic (exact) mass is 339 g/mol. The zero-order chi connectivity index (χ0) is 17.7. The third kappa shape index (κ3) is 4.09. The Bertz CT molecular complexity index is 716. The van der Waals surface area contributed by atoms with E-state index in [-0.39, 0.29) is 24.5 Å². The molecule has 0 bridgehead atoms. The fourth-order valence-electron chi connectivity index (χ4n) is 3.72. The lowest BCUT2D eigenvalue weighted by molar-refractivity contribution is 0.0271. The molecule has 1 amide bonds. The lowest BCUT2D eigenvalue weighted by Crippen LogP contribution is -2.49. The summed E-state index contributed by atoms with van der Waals surface area (Å²) in [5.41, 5.74) is 2.23. The van der Waals surface area contributed by atoms with Crippen LogP contribution in [0.15, 0.2) is 54.6 Å². The summed E-state index contributed by atoms with van der Waals surface area (Å²) in [6.07, 6.45) is 2.57. The lowest BCUT2D eigenvalue weighted by Gasteiger charge is -2.42. The first-order valence-corrected chi connectivity index (χ1v) is 8.80. The molecule has 1 saturated heterocycles. The molecule has 2 N–H and O–H groups in total. The van der Waals surface area contributed by atoms with E-state index in [0.717, 1.165) is 24.8 Å². The average Bonchev–Trinajstić information content (AvgIpc) is 2.68. The van der Waals surface area contributed by atoms with Crippen LogP contribution in [0.1, 0.15) is 34.3 Å². The number of amides is 1. The summed E-state index contributed by atoms with van der Waals surface area (Å²) < 4.78 is 0. The molecule has 0 spiro atoms. The van der Waals surface area contributed by atoms with Gasteiger partial charge >= 0.3 is 0 Å². The van der Waals surface area contributed by atoms with Crippen LogP contribution < -0.4 is 0 Å². The van der Waals surface area contributed by atoms with E-state index in [0.29, 0.717) is 18.7 Å². The van der Waals surface area contributed by atoms with Crippen molar-refractivity contribution in [3.63, 3.8) is 0 Å². The summed E-state index contributed by atoms with van der Waals surface area (Å²) in [6, 6.07) is 17.3. The summed E-state index contributed by atoms with van der Waals surface area (Å²) >= 11 is 0. The Morgan fingerprint density at radius 3 is 2.52 bits per heavy atom. The fourth-order valence-corrected chi connectivity index (χ4v) is 3.72. The largest absolute Gasteiger partial charge is 0.396 e. The number of carbonyl (C=O) groups is 1. The van der Waals surface area contributed by atoms with Crippen LogP contribution in [0.5, 0.6) is 0 Å². The lowest BCUT2D eigenvalue weighted by atomic mass is 9.75. The molecular formula is C21H25NO3. The van der Waals surface area contributed by atoms with Gasteiger partial charge < -0.3 is 15.1 Å². The molecule has 3 rings (SSSR count). The van der Waals surface area contributed by atoms with Crippen LogP contribution in [-0.4, -0.2) is 40.7 Å². The number of piperidine rings is 1. The quantitative estimate of drug-likeness (QED) is 0.880. The van der Waals surface area contributed by atoms with Gasteiger partial charge in [-0.1, -0.05) is 42.5 Å². The van der Waals surface area contributed by atoms with E-state index in [9.17, 15) is 15.0 Å². The molecule has 0 aromatic heterocycles. The smallest absolute Gasteiger partial charge is 0.253 e. The molecule has 4 nitrogen and oxygen atoms in total. The molecule has 132 valence electrons. The van der Waals surface area contributed by atoms with Gasteiger partial charge in [0.05, 0.1) is 13.2 Å². The molecule has 0 aliphatic carbocycles. The minimum absolute atomic E-state index is 0.0270. The van der Waals surface area contributed by atoms with Crippen LogP contribution >= 0.6 is 0 Å². The maximum atomic E-state index is 12.9. The van der Waals surface area contributed by atoms with Crippen LogP contribution in [0, 0.1) is 5.41 Å². The van der Waals surface area contributed by atoms with Crippen LogP contribution in [-0.2, 0) is 13.0 Å². The summed E-state index contributed by atoms with van der Waals surface area (Å²) in [6.45, 7) is 1.26. The van der Waals surface area contributed by atoms with Gasteiger partial charge in [0.2, 0.25) is 0 Å². The van der Waals surface area contributed by atoms with Crippen LogP contribution in [0.3, 0.4) is 0 Å². The first-order chi connectivity index (χ1) is 12.2. The maximum Gasteiger partial charge on any atom is 0.253 e. The molecule has 1 fully saturated rings. The number of carbonyl (C=O) groups excluding carboxylic acids is 1. The van der Waals surface area contributed by atoms with E-state index in [1.807, 2.05) is 23.1 Å². The van der Waals surface area contributed by atoms with Crippen molar-refractivity contribution in [1.82, 2.24) is 4.90 Å². The van der Waals surface area contributed by atoms with Crippen molar-refractivity contribution >= 4 is 5.91 Å². The van der Waals surface area contributed by atoms with Crippen LogP contribution in [0.4, 0.5) is 0 Å². The van der Waals surface area contributed by atoms with E-state index in [1.165, 1.54) is 5.56 Å². The van der Waals surface area contributed by atoms with Gasteiger partial charge in [0.1, 0.15) is 0 Å². The van der Waals surface area contributed by atoms with Crippen molar-refractivity contribution < 1.29 is 15.0 Å². The summed E-state index contributed by atoms with van der Waals surface area (Å²) in [7, 11) is 0. The fraction of sp³-hybridized carbons (Fsp3) is 0.381. The zero-order valence-corrected chi connectivity index (χ0v) is 14.4. The highest BCUT2D eigenvalue weighted by atomic mass is 16.3. The van der Waals surface area contributed by atoms with Gasteiger partial charge in [0, 0.05) is 24.1 Å². The summed E-state index contributed by atoms with van der Waals surface area (Å²) in [4.78, 5) is 14.7. The predicted octanol–water partition coefficient (Wildman–Crippen LogP) is 2.64. The minimum Gasteiger partial charge on any atom is -0.396 e. The van der Waals surface area contributed by atoms with E-state index in [1.54, 1.807) is 24.3 Å². The molecule has 25 heavy (non-hydrogen) atoms. The molecule has 1 aliphatic heterocycles. The second kappa shape index (κ2) is 7.81. The van der Waals surface area contributed by atoms with Crippen molar-refractivity contribution in [1.29, 1.82) is 0 Å². The van der Waals surface area contributed by atoms with Crippen LogP contribution in [0.2, 0.25) is 0 Å². The topological polar surface area (TPSA) is 60.8 Å². The maximum absolute atomic E-state index is 12.9. The van der Waals surface area contributed by atoms with Crippen molar-refractivity contribution in [2.24, 2.45) is 5.41 Å². The average molecular weight is 339 g/mol. The van der Waals surface area contributed by atoms with Gasteiger partial charge in [-0.2, -0.15) is 0 Å². The van der Waals surface area contributed by atoms with Gasteiger partial charge in [-0.15, -0.1) is 0 Å². The molecular weight excluding hydrogens is 314 g/mol. The third-order valence-electron chi connectivity index (χ3n) is 5.06. The number of hydrogen-bond donors (Lipinski definition) is 2. The van der Waals surface area contributed by atoms with Gasteiger partial charge in [0.25, 0.3) is 5.91 Å². The molecule has 0 saturated carbocycles. The number of hydrogen-bond acceptors (Lipinski definition) is 3. The van der Waals surface area contributed by atoms with Crippen molar-refractivity contribution in [2.75, 3.05) is 19.7 Å². The second-order valence-electron chi connectivity index (χ2n) is 7.01. The molecule has 1 atom stereocenters. The molecule has 2 aromatic rings. The first kappa shape index (κ1) is 17.6. The molecule has 1 heterocycles. The van der Waals surface area contributed by atoms with Gasteiger partial charge in [-0.25, -0.2) is 0 Å². The zero-order valence-electron chi connectivity index (χ0n) is 14.4. The van der Waals surface area contributed by atoms with E-state index >= 15 is 0 Å². The second-order valence-corrected chi connectivity index (χ2v) is 7.01. The molecule has 2 aromatic carbocycles. The number of aliphatic hydroxyl groups excluding tert-OH is 2. The molecule has 0 radical (unpaired) electrons. The number of likely N-dealkylation sites (tertiary alicyclic amines) is 1. The Kier molecular flexibility index (Phi) is 5.51. The first-order valence-electron chi connectivity index (χ1n) is 8.80. The summed E-state index contributed by atoms with van der Waals surface area (Å²) in [5.74, 6) is -0.0270. The van der Waals surface area contributed by atoms with Gasteiger partial charge in [-0.05, 0) is 42.5 Å². The van der Waals surface area contributed by atoms with Gasteiger partial charge in [-0.3, -0.25) is 4.79 Å². The Morgan fingerprint density at radius 2 is 1.80 bits per heavy atom. The van der Waals surface area contributed by atoms with Crippen molar-refractivity contribution in [3.05, 3.63) is 71.3 Å². The van der Waals surface area contributed by atoms with E-state index in [2.05, 4.69) is 12.1 Å². The number of aliphatic hydroxyl groups is 2. The highest BCUT2D eigenvalue weighted by Crippen LogP contribution is 2.34. The number of benzene rings is 2. The predicted molar refractivity (Wildman–Crippen MR) is 97.2 cm³/mol. The minimum atomic E-state index is -0.288. The van der Waals surface area contributed by atoms with Gasteiger partial charge in [0.15, 0.2) is 0 Å². The molecule has 4 heteroatoms. The SMILES string of the molecule is O=C(c1cccc(CO)c1)N1CCCC(CO)(Cc2ccccc2)C1. The standard InChI is InChI=1S/C21H25NO3/c23-14-18-8-4-9-19(12-18)20(25)22-11-5-10-21(15-22,16-24)13-17-6-2-1-3-7-17/h1-4,6-9,12,23-24H,5,10-11,13-16H2. The van der Waals surface area contributed by atoms with Crippen LogP contribution in [0.25, 0.3) is 0 Å². The normalized spacial score (nSPS) is 20.5. The third-order valence-corrected chi connectivity index (χ3v) is 5.06. The highest BCUT2D eigenvalue weighted by molar-refractivity contribution is 5.94. The Hall–Kier alpha value is -2.17. The highest BCUT2D eigenvalue weighted by Gasteiger charge is 2.37. The Morgan fingerprint density at radius 1 is 1.04 bits per heavy atom.